The maximum Gasteiger partial charge on any atom is 0.258 e. The Labute approximate surface area is 133 Å². The van der Waals surface area contributed by atoms with E-state index in [1.165, 1.54) is 0 Å². The third-order valence-corrected chi connectivity index (χ3v) is 4.58. The fourth-order valence-corrected chi connectivity index (χ4v) is 3.20. The molecule has 23 heavy (non-hydrogen) atoms. The highest BCUT2D eigenvalue weighted by Gasteiger charge is 2.40. The van der Waals surface area contributed by atoms with E-state index in [-0.39, 0.29) is 5.60 Å². The highest BCUT2D eigenvalue weighted by atomic mass is 16.5. The van der Waals surface area contributed by atoms with Gasteiger partial charge in [-0.2, -0.15) is 4.98 Å². The quantitative estimate of drug-likeness (QED) is 0.797. The van der Waals surface area contributed by atoms with Crippen molar-refractivity contribution in [2.45, 2.75) is 31.3 Å². The number of H-pyrrole nitrogens is 1. The van der Waals surface area contributed by atoms with Gasteiger partial charge in [0.1, 0.15) is 5.60 Å². The molecule has 2 aromatic heterocycles. The van der Waals surface area contributed by atoms with E-state index in [4.69, 9.17) is 9.26 Å². The lowest BCUT2D eigenvalue weighted by molar-refractivity contribution is -0.0178. The van der Waals surface area contributed by atoms with E-state index in [9.17, 15) is 0 Å². The number of ether oxygens (including phenoxy) is 1. The van der Waals surface area contributed by atoms with E-state index in [1.54, 1.807) is 19.6 Å². The largest absolute Gasteiger partial charge is 0.370 e. The Kier molecular flexibility index (Phi) is 3.46. The molecular formula is C17H18N4O2. The minimum Gasteiger partial charge on any atom is -0.370 e. The van der Waals surface area contributed by atoms with Gasteiger partial charge in [0.15, 0.2) is 0 Å². The molecule has 0 bridgehead atoms. The highest BCUT2D eigenvalue weighted by molar-refractivity contribution is 5.63. The number of hydrogen-bond acceptors (Lipinski definition) is 5. The third-order valence-electron chi connectivity index (χ3n) is 4.58. The van der Waals surface area contributed by atoms with Crippen molar-refractivity contribution >= 4 is 0 Å². The van der Waals surface area contributed by atoms with Crippen LogP contribution in [0.15, 0.2) is 41.3 Å². The topological polar surface area (TPSA) is 76.8 Å². The molecule has 0 atom stereocenters. The molecule has 6 heteroatoms. The molecule has 118 valence electrons. The molecule has 0 aliphatic heterocycles. The molecule has 1 aromatic carbocycles. The van der Waals surface area contributed by atoms with Gasteiger partial charge >= 0.3 is 0 Å². The van der Waals surface area contributed by atoms with Crippen LogP contribution in [-0.2, 0) is 10.3 Å². The average molecular weight is 310 g/mol. The second kappa shape index (κ2) is 5.62. The van der Waals surface area contributed by atoms with Gasteiger partial charge in [0.05, 0.1) is 18.2 Å². The SMILES string of the molecule is COC1(c2noc(-c3ccc(-c4cnc[nH]4)cc3)n2)CCCC1. The van der Waals surface area contributed by atoms with E-state index < -0.39 is 0 Å². The van der Waals surface area contributed by atoms with Crippen LogP contribution in [0.25, 0.3) is 22.7 Å². The lowest BCUT2D eigenvalue weighted by Gasteiger charge is -2.22. The molecule has 0 amide bonds. The Bertz CT molecular complexity index is 771. The van der Waals surface area contributed by atoms with Gasteiger partial charge in [-0.1, -0.05) is 17.3 Å². The molecule has 1 aliphatic carbocycles. The van der Waals surface area contributed by atoms with Crippen LogP contribution in [0.4, 0.5) is 0 Å². The molecular weight excluding hydrogens is 292 g/mol. The number of imidazole rings is 1. The first-order valence-electron chi connectivity index (χ1n) is 7.79. The number of benzene rings is 1. The van der Waals surface area contributed by atoms with Gasteiger partial charge in [0, 0.05) is 12.7 Å². The van der Waals surface area contributed by atoms with Crippen LogP contribution in [-0.4, -0.2) is 27.2 Å². The zero-order valence-corrected chi connectivity index (χ0v) is 13.0. The summed E-state index contributed by atoms with van der Waals surface area (Å²) in [5.41, 5.74) is 2.57. The van der Waals surface area contributed by atoms with E-state index in [0.717, 1.165) is 42.5 Å². The van der Waals surface area contributed by atoms with Gasteiger partial charge in [-0.3, -0.25) is 0 Å². The number of nitrogens with one attached hydrogen (secondary N) is 1. The van der Waals surface area contributed by atoms with Crippen molar-refractivity contribution in [2.75, 3.05) is 7.11 Å². The van der Waals surface area contributed by atoms with Crippen LogP contribution in [0.1, 0.15) is 31.5 Å². The van der Waals surface area contributed by atoms with Crippen LogP contribution < -0.4 is 0 Å². The number of nitrogens with zero attached hydrogens (tertiary/aromatic N) is 3. The lowest BCUT2D eigenvalue weighted by Crippen LogP contribution is -2.25. The van der Waals surface area contributed by atoms with Crippen LogP contribution in [0.5, 0.6) is 0 Å². The van der Waals surface area contributed by atoms with Gasteiger partial charge in [-0.05, 0) is 43.4 Å². The molecule has 0 spiro atoms. The van der Waals surface area contributed by atoms with Crippen molar-refractivity contribution in [2.24, 2.45) is 0 Å². The van der Waals surface area contributed by atoms with Crippen molar-refractivity contribution in [3.05, 3.63) is 42.6 Å². The molecule has 0 radical (unpaired) electrons. The van der Waals surface area contributed by atoms with E-state index in [2.05, 4.69) is 20.1 Å². The Balaban J connectivity index is 1.62. The smallest absolute Gasteiger partial charge is 0.258 e. The molecule has 1 N–H and O–H groups in total. The maximum atomic E-state index is 5.71. The summed E-state index contributed by atoms with van der Waals surface area (Å²) in [6.07, 6.45) is 7.62. The minimum atomic E-state index is -0.377. The summed E-state index contributed by atoms with van der Waals surface area (Å²) >= 11 is 0. The molecule has 0 saturated heterocycles. The van der Waals surface area contributed by atoms with Gasteiger partial charge in [-0.15, -0.1) is 0 Å². The van der Waals surface area contributed by atoms with Gasteiger partial charge in [0.2, 0.25) is 5.82 Å². The number of aromatic nitrogens is 4. The van der Waals surface area contributed by atoms with Gasteiger partial charge < -0.3 is 14.2 Å². The minimum absolute atomic E-state index is 0.377. The second-order valence-corrected chi connectivity index (χ2v) is 5.87. The number of rotatable bonds is 4. The monoisotopic (exact) mass is 310 g/mol. The van der Waals surface area contributed by atoms with Crippen LogP contribution in [0.2, 0.25) is 0 Å². The Morgan fingerprint density at radius 2 is 1.87 bits per heavy atom. The van der Waals surface area contributed by atoms with E-state index in [1.807, 2.05) is 24.3 Å². The summed E-state index contributed by atoms with van der Waals surface area (Å²) in [5.74, 6) is 1.18. The number of methoxy groups -OCH3 is 1. The number of hydrogen-bond donors (Lipinski definition) is 1. The summed E-state index contributed by atoms with van der Waals surface area (Å²) in [4.78, 5) is 11.7. The van der Waals surface area contributed by atoms with Crippen molar-refractivity contribution in [1.82, 2.24) is 20.1 Å². The van der Waals surface area contributed by atoms with Crippen molar-refractivity contribution < 1.29 is 9.26 Å². The zero-order valence-electron chi connectivity index (χ0n) is 13.0. The second-order valence-electron chi connectivity index (χ2n) is 5.87. The van der Waals surface area contributed by atoms with E-state index >= 15 is 0 Å². The summed E-state index contributed by atoms with van der Waals surface area (Å²) in [6, 6.07) is 7.96. The molecule has 3 aromatic rings. The molecule has 1 fully saturated rings. The number of aromatic amines is 1. The Hall–Kier alpha value is -2.47. The maximum absolute atomic E-state index is 5.71. The van der Waals surface area contributed by atoms with Crippen LogP contribution in [0, 0.1) is 0 Å². The standard InChI is InChI=1S/C17H18N4O2/c1-22-17(8-2-3-9-17)16-20-15(23-21-16)13-6-4-12(5-7-13)14-10-18-11-19-14/h4-7,10-11H,2-3,8-9H2,1H3,(H,18,19). The lowest BCUT2D eigenvalue weighted by atomic mass is 10.0. The molecule has 2 heterocycles. The first-order chi connectivity index (χ1) is 11.3. The Morgan fingerprint density at radius 1 is 1.13 bits per heavy atom. The fourth-order valence-electron chi connectivity index (χ4n) is 3.20. The first kappa shape index (κ1) is 14.1. The van der Waals surface area contributed by atoms with Gasteiger partial charge in [0.25, 0.3) is 5.89 Å². The zero-order chi connectivity index (χ0) is 15.7. The summed E-state index contributed by atoms with van der Waals surface area (Å²) in [6.45, 7) is 0. The van der Waals surface area contributed by atoms with Crippen LogP contribution >= 0.6 is 0 Å². The first-order valence-corrected chi connectivity index (χ1v) is 7.79. The van der Waals surface area contributed by atoms with Crippen molar-refractivity contribution in [3.63, 3.8) is 0 Å². The van der Waals surface area contributed by atoms with Crippen LogP contribution in [0.3, 0.4) is 0 Å². The molecule has 0 unspecified atom stereocenters. The van der Waals surface area contributed by atoms with Gasteiger partial charge in [-0.25, -0.2) is 4.98 Å². The molecule has 4 rings (SSSR count). The highest BCUT2D eigenvalue weighted by Crippen LogP contribution is 2.40. The predicted molar refractivity (Wildman–Crippen MR) is 84.5 cm³/mol. The normalized spacial score (nSPS) is 16.7. The summed E-state index contributed by atoms with van der Waals surface area (Å²) in [5, 5.41) is 4.16. The molecule has 6 nitrogen and oxygen atoms in total. The van der Waals surface area contributed by atoms with Crippen molar-refractivity contribution in [1.29, 1.82) is 0 Å². The molecule has 1 saturated carbocycles. The van der Waals surface area contributed by atoms with E-state index in [0.29, 0.717) is 11.7 Å². The third kappa shape index (κ3) is 2.45. The predicted octanol–water partition coefficient (Wildman–Crippen LogP) is 3.54. The average Bonchev–Trinajstić information content (AvgIpc) is 3.35. The Morgan fingerprint density at radius 3 is 2.52 bits per heavy atom. The van der Waals surface area contributed by atoms with Crippen molar-refractivity contribution in [3.8, 4) is 22.7 Å². The summed E-state index contributed by atoms with van der Waals surface area (Å²) < 4.78 is 11.2. The fraction of sp³-hybridized carbons (Fsp3) is 0.353. The molecule has 1 aliphatic rings. The summed E-state index contributed by atoms with van der Waals surface area (Å²) in [7, 11) is 1.72.